The highest BCUT2D eigenvalue weighted by atomic mass is 32.2. The lowest BCUT2D eigenvalue weighted by molar-refractivity contribution is 1.05. The highest BCUT2D eigenvalue weighted by molar-refractivity contribution is 8.13. The van der Waals surface area contributed by atoms with Crippen molar-refractivity contribution >= 4 is 16.9 Å². The van der Waals surface area contributed by atoms with Gasteiger partial charge in [0.2, 0.25) is 0 Å². The van der Waals surface area contributed by atoms with Crippen LogP contribution in [0.3, 0.4) is 0 Å². The van der Waals surface area contributed by atoms with Crippen molar-refractivity contribution in [1.29, 1.82) is 5.41 Å². The number of H-pyrrole nitrogens is 1. The summed E-state index contributed by atoms with van der Waals surface area (Å²) in [6.45, 7) is 1.99. The molecule has 0 amide bonds. The van der Waals surface area contributed by atoms with E-state index in [2.05, 4.69) is 9.97 Å². The molecule has 12 heavy (non-hydrogen) atoms. The molecule has 1 aromatic heterocycles. The molecule has 0 aliphatic rings. The van der Waals surface area contributed by atoms with E-state index in [4.69, 9.17) is 11.1 Å². The second-order valence-electron chi connectivity index (χ2n) is 2.44. The molecule has 0 aromatic carbocycles. The molecule has 5 heteroatoms. The molecule has 0 bridgehead atoms. The number of amidine groups is 1. The molecule has 0 atom stereocenters. The van der Waals surface area contributed by atoms with Gasteiger partial charge in [-0.05, 0) is 6.92 Å². The van der Waals surface area contributed by atoms with Crippen LogP contribution >= 0.6 is 11.8 Å². The van der Waals surface area contributed by atoms with Gasteiger partial charge in [0.05, 0.1) is 12.0 Å². The summed E-state index contributed by atoms with van der Waals surface area (Å²) in [5.74, 6) is 0.820. The van der Waals surface area contributed by atoms with Crippen LogP contribution in [0.25, 0.3) is 0 Å². The minimum Gasteiger partial charge on any atom is -0.379 e. The van der Waals surface area contributed by atoms with Crippen molar-refractivity contribution in [2.45, 2.75) is 13.3 Å². The summed E-state index contributed by atoms with van der Waals surface area (Å²) >= 11 is 1.35. The van der Waals surface area contributed by atoms with Crippen molar-refractivity contribution < 1.29 is 0 Å². The van der Waals surface area contributed by atoms with E-state index >= 15 is 0 Å². The molecule has 0 fully saturated rings. The molecule has 66 valence electrons. The number of imidazole rings is 1. The SMILES string of the molecule is Cc1[nH]cnc1CCSC(=N)N. The maximum Gasteiger partial charge on any atom is 0.151 e. The van der Waals surface area contributed by atoms with E-state index in [-0.39, 0.29) is 5.17 Å². The van der Waals surface area contributed by atoms with Gasteiger partial charge in [0.1, 0.15) is 0 Å². The Bertz CT molecular complexity index is 268. The molecule has 0 saturated carbocycles. The number of aryl methyl sites for hydroxylation is 2. The minimum absolute atomic E-state index is 0.170. The van der Waals surface area contributed by atoms with Crippen LogP contribution in [0.15, 0.2) is 6.33 Å². The highest BCUT2D eigenvalue weighted by Gasteiger charge is 2.00. The Kier molecular flexibility index (Phi) is 3.16. The van der Waals surface area contributed by atoms with Gasteiger partial charge in [-0.25, -0.2) is 4.98 Å². The Morgan fingerprint density at radius 3 is 3.08 bits per heavy atom. The topological polar surface area (TPSA) is 78.5 Å². The van der Waals surface area contributed by atoms with E-state index in [1.165, 1.54) is 11.8 Å². The van der Waals surface area contributed by atoms with Crippen molar-refractivity contribution in [3.05, 3.63) is 17.7 Å². The molecule has 0 saturated heterocycles. The van der Waals surface area contributed by atoms with Crippen LogP contribution in [0.1, 0.15) is 11.4 Å². The van der Waals surface area contributed by atoms with E-state index in [9.17, 15) is 0 Å². The summed E-state index contributed by atoms with van der Waals surface area (Å²) in [6.07, 6.45) is 2.54. The third-order valence-electron chi connectivity index (χ3n) is 1.53. The van der Waals surface area contributed by atoms with Gasteiger partial charge in [0.25, 0.3) is 0 Å². The molecular weight excluding hydrogens is 172 g/mol. The third kappa shape index (κ3) is 2.58. The molecule has 0 aliphatic carbocycles. The lowest BCUT2D eigenvalue weighted by atomic mass is 10.3. The molecule has 0 radical (unpaired) electrons. The number of hydrogen-bond donors (Lipinski definition) is 3. The first-order valence-electron chi connectivity index (χ1n) is 3.66. The first kappa shape index (κ1) is 9.12. The number of hydrogen-bond acceptors (Lipinski definition) is 3. The fourth-order valence-electron chi connectivity index (χ4n) is 0.897. The smallest absolute Gasteiger partial charge is 0.151 e. The normalized spacial score (nSPS) is 10.1. The van der Waals surface area contributed by atoms with E-state index in [1.807, 2.05) is 6.92 Å². The summed E-state index contributed by atoms with van der Waals surface area (Å²) in [5.41, 5.74) is 7.34. The Balaban J connectivity index is 2.33. The maximum atomic E-state index is 6.99. The Morgan fingerprint density at radius 1 is 1.83 bits per heavy atom. The molecule has 0 spiro atoms. The van der Waals surface area contributed by atoms with Crippen LogP contribution in [0.2, 0.25) is 0 Å². The van der Waals surface area contributed by atoms with Gasteiger partial charge in [-0.15, -0.1) is 0 Å². The first-order valence-corrected chi connectivity index (χ1v) is 4.64. The molecule has 1 rings (SSSR count). The summed E-state index contributed by atoms with van der Waals surface area (Å²) in [7, 11) is 0. The summed E-state index contributed by atoms with van der Waals surface area (Å²) in [6, 6.07) is 0. The standard InChI is InChI=1S/C7H12N4S/c1-5-6(11-4-10-5)2-3-12-7(8)9/h4H,2-3H2,1H3,(H3,8,9)(H,10,11). The molecular formula is C7H12N4S. The number of nitrogens with zero attached hydrogens (tertiary/aromatic N) is 1. The Morgan fingerprint density at radius 2 is 2.58 bits per heavy atom. The predicted octanol–water partition coefficient (Wildman–Crippen LogP) is 0.887. The van der Waals surface area contributed by atoms with E-state index in [0.29, 0.717) is 0 Å². The van der Waals surface area contributed by atoms with E-state index in [0.717, 1.165) is 23.6 Å². The summed E-state index contributed by atoms with van der Waals surface area (Å²) < 4.78 is 0. The van der Waals surface area contributed by atoms with E-state index < -0.39 is 0 Å². The van der Waals surface area contributed by atoms with Crippen LogP contribution in [0, 0.1) is 12.3 Å². The van der Waals surface area contributed by atoms with Crippen LogP contribution in [0.4, 0.5) is 0 Å². The summed E-state index contributed by atoms with van der Waals surface area (Å²) in [4.78, 5) is 7.13. The zero-order valence-electron chi connectivity index (χ0n) is 6.92. The van der Waals surface area contributed by atoms with Crippen molar-refractivity contribution in [3.63, 3.8) is 0 Å². The van der Waals surface area contributed by atoms with Crippen LogP contribution < -0.4 is 5.73 Å². The molecule has 0 aliphatic heterocycles. The number of aromatic amines is 1. The molecule has 4 N–H and O–H groups in total. The molecule has 1 heterocycles. The van der Waals surface area contributed by atoms with Gasteiger partial charge in [-0.3, -0.25) is 5.41 Å². The monoisotopic (exact) mass is 184 g/mol. The van der Waals surface area contributed by atoms with Gasteiger partial charge in [-0.2, -0.15) is 0 Å². The van der Waals surface area contributed by atoms with Gasteiger partial charge in [0.15, 0.2) is 5.17 Å². The van der Waals surface area contributed by atoms with Crippen molar-refractivity contribution in [3.8, 4) is 0 Å². The molecule has 4 nitrogen and oxygen atoms in total. The highest BCUT2D eigenvalue weighted by Crippen LogP contribution is 2.06. The quantitative estimate of drug-likeness (QED) is 0.482. The van der Waals surface area contributed by atoms with Crippen molar-refractivity contribution in [2.75, 3.05) is 5.75 Å². The zero-order chi connectivity index (χ0) is 8.97. The van der Waals surface area contributed by atoms with Gasteiger partial charge < -0.3 is 10.7 Å². The average molecular weight is 184 g/mol. The fraction of sp³-hybridized carbons (Fsp3) is 0.429. The second kappa shape index (κ2) is 4.15. The van der Waals surface area contributed by atoms with E-state index in [1.54, 1.807) is 6.33 Å². The van der Waals surface area contributed by atoms with Gasteiger partial charge >= 0.3 is 0 Å². The van der Waals surface area contributed by atoms with Crippen molar-refractivity contribution in [2.24, 2.45) is 5.73 Å². The van der Waals surface area contributed by atoms with Gasteiger partial charge in [-0.1, -0.05) is 11.8 Å². The number of nitrogens with one attached hydrogen (secondary N) is 2. The second-order valence-corrected chi connectivity index (χ2v) is 3.57. The van der Waals surface area contributed by atoms with Gasteiger partial charge in [0, 0.05) is 17.9 Å². The lowest BCUT2D eigenvalue weighted by Gasteiger charge is -1.97. The molecule has 1 aromatic rings. The first-order chi connectivity index (χ1) is 5.70. The number of aromatic nitrogens is 2. The largest absolute Gasteiger partial charge is 0.379 e. The Labute approximate surface area is 75.5 Å². The predicted molar refractivity (Wildman–Crippen MR) is 51.4 cm³/mol. The minimum atomic E-state index is 0.170. The fourth-order valence-corrected chi connectivity index (χ4v) is 1.41. The lowest BCUT2D eigenvalue weighted by Crippen LogP contribution is -2.05. The average Bonchev–Trinajstić information content (AvgIpc) is 2.36. The maximum absolute atomic E-state index is 6.99. The van der Waals surface area contributed by atoms with Crippen LogP contribution in [-0.2, 0) is 6.42 Å². The molecule has 0 unspecified atom stereocenters. The Hall–Kier alpha value is -0.970. The van der Waals surface area contributed by atoms with Crippen LogP contribution in [0.5, 0.6) is 0 Å². The number of rotatable bonds is 3. The zero-order valence-corrected chi connectivity index (χ0v) is 7.74. The van der Waals surface area contributed by atoms with Crippen molar-refractivity contribution in [1.82, 2.24) is 9.97 Å². The number of nitrogens with two attached hydrogens (primary N) is 1. The number of thioether (sulfide) groups is 1. The summed E-state index contributed by atoms with van der Waals surface area (Å²) in [5, 5.41) is 7.16. The van der Waals surface area contributed by atoms with Crippen LogP contribution in [-0.4, -0.2) is 20.9 Å². The third-order valence-corrected chi connectivity index (χ3v) is 2.25.